The fraction of sp³-hybridized carbons (Fsp3) is 0.0476. The number of hydrogen-bond acceptors (Lipinski definition) is 5. The highest BCUT2D eigenvalue weighted by molar-refractivity contribution is 5.89. The molecule has 8 nitrogen and oxygen atoms in total. The lowest BCUT2D eigenvalue weighted by atomic mass is 10.0. The van der Waals surface area contributed by atoms with Gasteiger partial charge in [0.15, 0.2) is 0 Å². The Kier molecular flexibility index (Phi) is 4.66. The van der Waals surface area contributed by atoms with E-state index in [1.807, 2.05) is 30.3 Å². The Morgan fingerprint density at radius 3 is 2.52 bits per heavy atom. The van der Waals surface area contributed by atoms with Gasteiger partial charge in [0.2, 0.25) is 5.75 Å². The summed E-state index contributed by atoms with van der Waals surface area (Å²) in [6.07, 6.45) is 1.86. The maximum absolute atomic E-state index is 11.4. The summed E-state index contributed by atoms with van der Waals surface area (Å²) in [5.74, 6) is -0.438. The number of phenols is 1. The fourth-order valence-corrected chi connectivity index (χ4v) is 3.12. The van der Waals surface area contributed by atoms with Crippen molar-refractivity contribution in [2.45, 2.75) is 6.42 Å². The zero-order valence-corrected chi connectivity index (χ0v) is 15.1. The second-order valence-electron chi connectivity index (χ2n) is 6.54. The van der Waals surface area contributed by atoms with E-state index in [0.717, 1.165) is 5.56 Å². The average Bonchev–Trinajstić information content (AvgIpc) is 3.08. The third-order valence-corrected chi connectivity index (χ3v) is 4.48. The number of nitro benzene ring substituents is 1. The van der Waals surface area contributed by atoms with Gasteiger partial charge in [-0.3, -0.25) is 15.1 Å². The summed E-state index contributed by atoms with van der Waals surface area (Å²) in [4.78, 5) is 31.7. The lowest BCUT2D eigenvalue weighted by molar-refractivity contribution is -0.385. The van der Waals surface area contributed by atoms with Crippen LogP contribution in [0.3, 0.4) is 0 Å². The van der Waals surface area contributed by atoms with Crippen LogP contribution in [0, 0.1) is 10.1 Å². The van der Waals surface area contributed by atoms with Crippen molar-refractivity contribution in [3.05, 3.63) is 98.0 Å². The van der Waals surface area contributed by atoms with E-state index < -0.39 is 10.7 Å². The van der Waals surface area contributed by atoms with Gasteiger partial charge in [0, 0.05) is 17.8 Å². The molecule has 0 aliphatic rings. The van der Waals surface area contributed by atoms with Crippen molar-refractivity contribution < 1.29 is 10.0 Å². The van der Waals surface area contributed by atoms with Gasteiger partial charge in [-0.05, 0) is 41.8 Å². The van der Waals surface area contributed by atoms with Gasteiger partial charge in [0.1, 0.15) is 0 Å². The van der Waals surface area contributed by atoms with E-state index in [1.165, 1.54) is 12.3 Å². The molecule has 0 atom stereocenters. The number of nitrogens with zero attached hydrogens (tertiary/aromatic N) is 2. The van der Waals surface area contributed by atoms with Gasteiger partial charge in [0.25, 0.3) is 0 Å². The predicted molar refractivity (Wildman–Crippen MR) is 110 cm³/mol. The van der Waals surface area contributed by atoms with Gasteiger partial charge >= 0.3 is 11.4 Å². The standard InChI is InChI=1S/C21H16N4O4/c26-20-15(12-22-16-6-7-17-18(11-16)24-21(27)23-17)9-14(10-19(20)25(28)29)8-13-4-2-1-3-5-13/h1-7,9-12,26H,8H2,(H2,23,24,27). The van der Waals surface area contributed by atoms with Crippen LogP contribution in [0.5, 0.6) is 5.75 Å². The van der Waals surface area contributed by atoms with Crippen molar-refractivity contribution >= 4 is 28.6 Å². The van der Waals surface area contributed by atoms with Crippen molar-refractivity contribution in [3.63, 3.8) is 0 Å². The molecule has 8 heteroatoms. The van der Waals surface area contributed by atoms with E-state index in [0.29, 0.717) is 28.7 Å². The largest absolute Gasteiger partial charge is 0.502 e. The highest BCUT2D eigenvalue weighted by Gasteiger charge is 2.18. The lowest BCUT2D eigenvalue weighted by Crippen LogP contribution is -1.99. The first kappa shape index (κ1) is 18.2. The maximum Gasteiger partial charge on any atom is 0.323 e. The molecule has 3 aromatic carbocycles. The molecule has 0 aliphatic carbocycles. The number of hydrogen-bond donors (Lipinski definition) is 3. The van der Waals surface area contributed by atoms with Crippen LogP contribution in [0.25, 0.3) is 11.0 Å². The maximum atomic E-state index is 11.4. The molecule has 0 amide bonds. The van der Waals surface area contributed by atoms with Crippen LogP contribution in [-0.2, 0) is 6.42 Å². The molecule has 0 radical (unpaired) electrons. The number of nitro groups is 1. The van der Waals surface area contributed by atoms with Crippen LogP contribution >= 0.6 is 0 Å². The molecule has 4 aromatic rings. The quantitative estimate of drug-likeness (QED) is 0.273. The van der Waals surface area contributed by atoms with Gasteiger partial charge in [-0.2, -0.15) is 0 Å². The molecule has 0 fully saturated rings. The summed E-state index contributed by atoms with van der Waals surface area (Å²) >= 11 is 0. The highest BCUT2D eigenvalue weighted by Crippen LogP contribution is 2.31. The molecular formula is C21H16N4O4. The number of aliphatic imine (C=N–C) groups is 1. The molecule has 144 valence electrons. The summed E-state index contributed by atoms with van der Waals surface area (Å²) in [6.45, 7) is 0. The monoisotopic (exact) mass is 388 g/mol. The Labute approximate surface area is 164 Å². The van der Waals surface area contributed by atoms with E-state index in [2.05, 4.69) is 15.0 Å². The second kappa shape index (κ2) is 7.43. The lowest BCUT2D eigenvalue weighted by Gasteiger charge is -2.06. The normalized spacial score (nSPS) is 11.3. The molecular weight excluding hydrogens is 372 g/mol. The number of H-pyrrole nitrogens is 2. The summed E-state index contributed by atoms with van der Waals surface area (Å²) in [5.41, 5.74) is 3.02. The van der Waals surface area contributed by atoms with E-state index in [1.54, 1.807) is 24.3 Å². The number of phenolic OH excluding ortho intramolecular Hbond substituents is 1. The van der Waals surface area contributed by atoms with Gasteiger partial charge in [-0.1, -0.05) is 30.3 Å². The first-order chi connectivity index (χ1) is 14.0. The van der Waals surface area contributed by atoms with Crippen LogP contribution in [0.2, 0.25) is 0 Å². The third-order valence-electron chi connectivity index (χ3n) is 4.48. The third kappa shape index (κ3) is 3.91. The number of rotatable bonds is 5. The minimum atomic E-state index is -0.613. The fourth-order valence-electron chi connectivity index (χ4n) is 3.12. The topological polar surface area (TPSA) is 124 Å². The first-order valence-electron chi connectivity index (χ1n) is 8.80. The van der Waals surface area contributed by atoms with Gasteiger partial charge in [-0.15, -0.1) is 0 Å². The highest BCUT2D eigenvalue weighted by atomic mass is 16.6. The Morgan fingerprint density at radius 2 is 1.76 bits per heavy atom. The van der Waals surface area contributed by atoms with Gasteiger partial charge in [0.05, 0.1) is 21.6 Å². The molecule has 0 aliphatic heterocycles. The number of aromatic hydroxyl groups is 1. The minimum absolute atomic E-state index is 0.243. The summed E-state index contributed by atoms with van der Waals surface area (Å²) in [7, 11) is 0. The number of fused-ring (bicyclic) bond motifs is 1. The van der Waals surface area contributed by atoms with Crippen LogP contribution in [0.15, 0.2) is 70.5 Å². The van der Waals surface area contributed by atoms with Gasteiger partial charge in [-0.25, -0.2) is 4.79 Å². The van der Waals surface area contributed by atoms with E-state index in [4.69, 9.17) is 0 Å². The second-order valence-corrected chi connectivity index (χ2v) is 6.54. The molecule has 4 rings (SSSR count). The zero-order chi connectivity index (χ0) is 20.4. The average molecular weight is 388 g/mol. The molecule has 29 heavy (non-hydrogen) atoms. The summed E-state index contributed by atoms with van der Waals surface area (Å²) in [6, 6.07) is 17.7. The van der Waals surface area contributed by atoms with Crippen molar-refractivity contribution in [3.8, 4) is 5.75 Å². The molecule has 0 spiro atoms. The zero-order valence-electron chi connectivity index (χ0n) is 15.1. The van der Waals surface area contributed by atoms with Crippen LogP contribution in [0.4, 0.5) is 11.4 Å². The molecule has 1 aromatic heterocycles. The van der Waals surface area contributed by atoms with E-state index >= 15 is 0 Å². The number of aromatic amines is 2. The van der Waals surface area contributed by atoms with E-state index in [-0.39, 0.29) is 16.9 Å². The Hall–Kier alpha value is -4.20. The molecule has 0 saturated heterocycles. The minimum Gasteiger partial charge on any atom is -0.502 e. The van der Waals surface area contributed by atoms with Crippen molar-refractivity contribution in [2.75, 3.05) is 0 Å². The SMILES string of the molecule is O=c1[nH]c2ccc(N=Cc3cc(Cc4ccccc4)cc([N+](=O)[O-])c3O)cc2[nH]1. The van der Waals surface area contributed by atoms with Crippen molar-refractivity contribution in [2.24, 2.45) is 4.99 Å². The number of imidazole rings is 1. The van der Waals surface area contributed by atoms with Crippen LogP contribution in [-0.4, -0.2) is 26.2 Å². The molecule has 0 saturated carbocycles. The molecule has 0 unspecified atom stereocenters. The summed E-state index contributed by atoms with van der Waals surface area (Å²) < 4.78 is 0. The van der Waals surface area contributed by atoms with Gasteiger partial charge < -0.3 is 15.1 Å². The Morgan fingerprint density at radius 1 is 1.00 bits per heavy atom. The van der Waals surface area contributed by atoms with Crippen molar-refractivity contribution in [1.82, 2.24) is 9.97 Å². The molecule has 1 heterocycles. The number of benzene rings is 3. The molecule has 0 bridgehead atoms. The smallest absolute Gasteiger partial charge is 0.323 e. The van der Waals surface area contributed by atoms with Crippen LogP contribution < -0.4 is 5.69 Å². The Bertz CT molecular complexity index is 1290. The summed E-state index contributed by atoms with van der Waals surface area (Å²) in [5, 5.41) is 21.7. The Balaban J connectivity index is 1.71. The predicted octanol–water partition coefficient (Wildman–Crippen LogP) is 3.81. The van der Waals surface area contributed by atoms with E-state index in [9.17, 15) is 20.0 Å². The van der Waals surface area contributed by atoms with Crippen molar-refractivity contribution in [1.29, 1.82) is 0 Å². The number of aromatic nitrogens is 2. The molecule has 3 N–H and O–H groups in total. The number of nitrogens with one attached hydrogen (secondary N) is 2. The van der Waals surface area contributed by atoms with Crippen LogP contribution in [0.1, 0.15) is 16.7 Å². The first-order valence-corrected chi connectivity index (χ1v) is 8.80.